The Bertz CT molecular complexity index is 412. The fourth-order valence-electron chi connectivity index (χ4n) is 1.66. The van der Waals surface area contributed by atoms with Crippen LogP contribution in [-0.2, 0) is 4.79 Å². The smallest absolute Gasteiger partial charge is 0.246 e. The molecule has 1 rings (SSSR count). The highest BCUT2D eigenvalue weighted by molar-refractivity contribution is 5.91. The quantitative estimate of drug-likeness (QED) is 0.740. The number of aliphatic hydroxyl groups is 1. The highest BCUT2D eigenvalue weighted by atomic mass is 16.3. The molecule has 0 aromatic heterocycles. The average Bonchev–Trinajstić information content (AvgIpc) is 2.42. The van der Waals surface area contributed by atoms with Gasteiger partial charge in [0.15, 0.2) is 0 Å². The Morgan fingerprint density at radius 3 is 2.53 bits per heavy atom. The number of hydrogen-bond acceptors (Lipinski definition) is 3. The molecule has 2 N–H and O–H groups in total. The lowest BCUT2D eigenvalue weighted by atomic mass is 10.2. The van der Waals surface area contributed by atoms with E-state index in [4.69, 9.17) is 10.2 Å². The number of carbonyl (C=O) groups excluding carboxylic acids is 1. The summed E-state index contributed by atoms with van der Waals surface area (Å²) in [5, 5.41) is 18.1. The van der Waals surface area contributed by atoms with E-state index in [0.717, 1.165) is 18.4 Å². The molecule has 0 saturated carbocycles. The predicted octanol–water partition coefficient (Wildman–Crippen LogP) is 2.03. The SMILES string of the molecule is CCCCN(CCO)C(=O)C=Cc1ccc(O)cc1. The Kier molecular flexibility index (Phi) is 6.68. The zero-order valence-electron chi connectivity index (χ0n) is 11.2. The van der Waals surface area contributed by atoms with Gasteiger partial charge in [-0.3, -0.25) is 4.79 Å². The fourth-order valence-corrected chi connectivity index (χ4v) is 1.66. The van der Waals surface area contributed by atoms with Crippen LogP contribution in [0.4, 0.5) is 0 Å². The van der Waals surface area contributed by atoms with Gasteiger partial charge in [-0.25, -0.2) is 0 Å². The predicted molar refractivity (Wildman–Crippen MR) is 75.7 cm³/mol. The van der Waals surface area contributed by atoms with Gasteiger partial charge < -0.3 is 15.1 Å². The number of carbonyl (C=O) groups is 1. The number of phenols is 1. The van der Waals surface area contributed by atoms with Crippen molar-refractivity contribution in [3.8, 4) is 5.75 Å². The normalized spacial score (nSPS) is 10.8. The number of phenolic OH excluding ortho intramolecular Hbond substituents is 1. The number of nitrogens with zero attached hydrogens (tertiary/aromatic N) is 1. The van der Waals surface area contributed by atoms with Gasteiger partial charge >= 0.3 is 0 Å². The second kappa shape index (κ2) is 8.32. The zero-order valence-corrected chi connectivity index (χ0v) is 11.2. The van der Waals surface area contributed by atoms with Gasteiger partial charge in [0, 0.05) is 19.2 Å². The largest absolute Gasteiger partial charge is 0.508 e. The second-order valence-corrected chi connectivity index (χ2v) is 4.33. The van der Waals surface area contributed by atoms with E-state index in [9.17, 15) is 4.79 Å². The summed E-state index contributed by atoms with van der Waals surface area (Å²) < 4.78 is 0. The molecule has 0 heterocycles. The monoisotopic (exact) mass is 263 g/mol. The van der Waals surface area contributed by atoms with Gasteiger partial charge in [-0.05, 0) is 30.2 Å². The van der Waals surface area contributed by atoms with Crippen LogP contribution >= 0.6 is 0 Å². The van der Waals surface area contributed by atoms with Crippen molar-refractivity contribution < 1.29 is 15.0 Å². The van der Waals surface area contributed by atoms with Crippen molar-refractivity contribution in [1.82, 2.24) is 4.90 Å². The lowest BCUT2D eigenvalue weighted by Gasteiger charge is -2.19. The van der Waals surface area contributed by atoms with Crippen LogP contribution in [0.5, 0.6) is 5.75 Å². The van der Waals surface area contributed by atoms with Crippen LogP contribution in [0.15, 0.2) is 30.3 Å². The minimum Gasteiger partial charge on any atom is -0.508 e. The molecule has 0 saturated heterocycles. The van der Waals surface area contributed by atoms with Crippen LogP contribution in [0.25, 0.3) is 6.08 Å². The third kappa shape index (κ3) is 5.57. The maximum atomic E-state index is 12.0. The standard InChI is InChI=1S/C15H21NO3/c1-2-3-10-16(11-12-17)15(19)9-6-13-4-7-14(18)8-5-13/h4-9,17-18H,2-3,10-12H2,1H3. The number of hydrogen-bond donors (Lipinski definition) is 2. The Morgan fingerprint density at radius 1 is 1.26 bits per heavy atom. The average molecular weight is 263 g/mol. The third-order valence-corrected chi connectivity index (χ3v) is 2.77. The Morgan fingerprint density at radius 2 is 1.95 bits per heavy atom. The Hall–Kier alpha value is -1.81. The van der Waals surface area contributed by atoms with Crippen LogP contribution in [0, 0.1) is 0 Å². The third-order valence-electron chi connectivity index (χ3n) is 2.77. The van der Waals surface area contributed by atoms with Crippen molar-refractivity contribution >= 4 is 12.0 Å². The summed E-state index contributed by atoms with van der Waals surface area (Å²) in [4.78, 5) is 13.6. The first-order valence-corrected chi connectivity index (χ1v) is 6.54. The number of aliphatic hydroxyl groups excluding tert-OH is 1. The van der Waals surface area contributed by atoms with Gasteiger partial charge in [-0.15, -0.1) is 0 Å². The summed E-state index contributed by atoms with van der Waals surface area (Å²) in [5.41, 5.74) is 0.852. The molecule has 1 aromatic carbocycles. The molecule has 0 atom stereocenters. The number of amides is 1. The first-order chi connectivity index (χ1) is 9.17. The van der Waals surface area contributed by atoms with E-state index >= 15 is 0 Å². The van der Waals surface area contributed by atoms with E-state index in [2.05, 4.69) is 6.92 Å². The molecule has 1 aromatic rings. The highest BCUT2D eigenvalue weighted by Gasteiger charge is 2.08. The van der Waals surface area contributed by atoms with E-state index in [1.54, 1.807) is 35.2 Å². The van der Waals surface area contributed by atoms with E-state index in [1.165, 1.54) is 6.08 Å². The molecule has 1 amide bonds. The Balaban J connectivity index is 2.61. The summed E-state index contributed by atoms with van der Waals surface area (Å²) in [5.74, 6) is 0.101. The molecule has 0 unspecified atom stereocenters. The van der Waals surface area contributed by atoms with Gasteiger partial charge in [0.1, 0.15) is 5.75 Å². The maximum Gasteiger partial charge on any atom is 0.246 e. The van der Waals surface area contributed by atoms with E-state index < -0.39 is 0 Å². The lowest BCUT2D eigenvalue weighted by molar-refractivity contribution is -0.126. The van der Waals surface area contributed by atoms with Crippen LogP contribution in [0.1, 0.15) is 25.3 Å². The van der Waals surface area contributed by atoms with Crippen molar-refractivity contribution in [2.45, 2.75) is 19.8 Å². The molecule has 0 spiro atoms. The van der Waals surface area contributed by atoms with E-state index in [0.29, 0.717) is 13.1 Å². The molecule has 4 heteroatoms. The summed E-state index contributed by atoms with van der Waals surface area (Å²) in [7, 11) is 0. The minimum absolute atomic E-state index is 0.0253. The van der Waals surface area contributed by atoms with Gasteiger partial charge in [0.25, 0.3) is 0 Å². The molecular weight excluding hydrogens is 242 g/mol. The molecule has 0 bridgehead atoms. The van der Waals surface area contributed by atoms with Crippen LogP contribution < -0.4 is 0 Å². The zero-order chi connectivity index (χ0) is 14.1. The van der Waals surface area contributed by atoms with Crippen molar-refractivity contribution in [3.63, 3.8) is 0 Å². The first kappa shape index (κ1) is 15.2. The maximum absolute atomic E-state index is 12.0. The molecule has 0 radical (unpaired) electrons. The molecule has 104 valence electrons. The van der Waals surface area contributed by atoms with Crippen molar-refractivity contribution in [2.75, 3.05) is 19.7 Å². The second-order valence-electron chi connectivity index (χ2n) is 4.33. The first-order valence-electron chi connectivity index (χ1n) is 6.54. The Labute approximate surface area is 114 Å². The van der Waals surface area contributed by atoms with Crippen molar-refractivity contribution in [2.24, 2.45) is 0 Å². The number of benzene rings is 1. The van der Waals surface area contributed by atoms with E-state index in [1.807, 2.05) is 0 Å². The van der Waals surface area contributed by atoms with Gasteiger partial charge in [-0.2, -0.15) is 0 Å². The molecule has 0 fully saturated rings. The molecule has 4 nitrogen and oxygen atoms in total. The van der Waals surface area contributed by atoms with Crippen LogP contribution in [0.2, 0.25) is 0 Å². The van der Waals surface area contributed by atoms with E-state index in [-0.39, 0.29) is 18.3 Å². The fraction of sp³-hybridized carbons (Fsp3) is 0.400. The van der Waals surface area contributed by atoms with Gasteiger partial charge in [0.05, 0.1) is 6.61 Å². The van der Waals surface area contributed by atoms with Crippen LogP contribution in [-0.4, -0.2) is 40.7 Å². The minimum atomic E-state index is -0.101. The molecule has 0 aliphatic rings. The number of unbranched alkanes of at least 4 members (excludes halogenated alkanes) is 1. The molecule has 19 heavy (non-hydrogen) atoms. The van der Waals surface area contributed by atoms with Gasteiger partial charge in [-0.1, -0.05) is 25.5 Å². The highest BCUT2D eigenvalue weighted by Crippen LogP contribution is 2.11. The van der Waals surface area contributed by atoms with Crippen LogP contribution in [0.3, 0.4) is 0 Å². The topological polar surface area (TPSA) is 60.8 Å². The van der Waals surface area contributed by atoms with Gasteiger partial charge in [0.2, 0.25) is 5.91 Å². The number of aromatic hydroxyl groups is 1. The summed E-state index contributed by atoms with van der Waals surface area (Å²) in [6.45, 7) is 3.06. The van der Waals surface area contributed by atoms with Crippen molar-refractivity contribution in [3.05, 3.63) is 35.9 Å². The molecule has 0 aliphatic carbocycles. The molecular formula is C15H21NO3. The summed E-state index contributed by atoms with van der Waals surface area (Å²) >= 11 is 0. The summed E-state index contributed by atoms with van der Waals surface area (Å²) in [6, 6.07) is 6.63. The lowest BCUT2D eigenvalue weighted by Crippen LogP contribution is -2.33. The summed E-state index contributed by atoms with van der Waals surface area (Å²) in [6.07, 6.45) is 5.14. The molecule has 0 aliphatic heterocycles. The number of rotatable bonds is 7. The van der Waals surface area contributed by atoms with Crippen molar-refractivity contribution in [1.29, 1.82) is 0 Å².